The zero-order chi connectivity index (χ0) is 16.0. The number of nitrogens with zero attached hydrogens (tertiary/aromatic N) is 2. The minimum atomic E-state index is -0.622. The zero-order valence-electron chi connectivity index (χ0n) is 12.7. The first kappa shape index (κ1) is 16.9. The molecule has 1 aromatic rings. The Morgan fingerprint density at radius 1 is 1.48 bits per heavy atom. The summed E-state index contributed by atoms with van der Waals surface area (Å²) in [6, 6.07) is 0. The molecule has 0 saturated carbocycles. The van der Waals surface area contributed by atoms with Gasteiger partial charge >= 0.3 is 5.97 Å². The second-order valence-electron chi connectivity index (χ2n) is 5.59. The standard InChI is InChI=1S/C14H20N2O5/c1-5-6-12-15-10(7-8-16(18)19)11(21-12)9-20-13(17)14(2,3)4/h7-8H,5-6,9H2,1-4H3/b8-7+. The topological polar surface area (TPSA) is 95.5 Å². The molecule has 7 nitrogen and oxygen atoms in total. The van der Waals surface area contributed by atoms with Gasteiger partial charge in [-0.15, -0.1) is 0 Å². The van der Waals surface area contributed by atoms with Crippen molar-refractivity contribution in [3.63, 3.8) is 0 Å². The molecule has 0 aliphatic rings. The fraction of sp³-hybridized carbons (Fsp3) is 0.571. The molecule has 0 aliphatic carbocycles. The smallest absolute Gasteiger partial charge is 0.311 e. The van der Waals surface area contributed by atoms with Gasteiger partial charge in [0, 0.05) is 12.5 Å². The summed E-state index contributed by atoms with van der Waals surface area (Å²) in [6.07, 6.45) is 3.47. The Bertz CT molecular complexity index is 540. The largest absolute Gasteiger partial charge is 0.457 e. The van der Waals surface area contributed by atoms with Crippen molar-refractivity contribution in [2.45, 2.75) is 47.1 Å². The van der Waals surface area contributed by atoms with Crippen molar-refractivity contribution in [1.29, 1.82) is 0 Å². The van der Waals surface area contributed by atoms with Crippen LogP contribution in [0.3, 0.4) is 0 Å². The summed E-state index contributed by atoms with van der Waals surface area (Å²) >= 11 is 0. The molecule has 1 rings (SSSR count). The maximum atomic E-state index is 11.7. The molecule has 0 fully saturated rings. The van der Waals surface area contributed by atoms with Crippen molar-refractivity contribution in [3.05, 3.63) is 33.7 Å². The first-order valence-electron chi connectivity index (χ1n) is 6.71. The lowest BCUT2D eigenvalue weighted by atomic mass is 9.97. The number of aryl methyl sites for hydroxylation is 1. The van der Waals surface area contributed by atoms with E-state index in [1.165, 1.54) is 6.08 Å². The highest BCUT2D eigenvalue weighted by Crippen LogP contribution is 2.19. The molecule has 0 saturated heterocycles. The average Bonchev–Trinajstić information content (AvgIpc) is 2.75. The second-order valence-corrected chi connectivity index (χ2v) is 5.59. The summed E-state index contributed by atoms with van der Waals surface area (Å²) < 4.78 is 10.6. The Morgan fingerprint density at radius 2 is 2.14 bits per heavy atom. The van der Waals surface area contributed by atoms with E-state index in [1.54, 1.807) is 20.8 Å². The van der Waals surface area contributed by atoms with Gasteiger partial charge in [-0.1, -0.05) is 6.92 Å². The van der Waals surface area contributed by atoms with Crippen LogP contribution < -0.4 is 0 Å². The van der Waals surface area contributed by atoms with Crippen molar-refractivity contribution < 1.29 is 18.9 Å². The number of nitro groups is 1. The van der Waals surface area contributed by atoms with E-state index in [1.807, 2.05) is 6.92 Å². The van der Waals surface area contributed by atoms with E-state index >= 15 is 0 Å². The first-order valence-corrected chi connectivity index (χ1v) is 6.71. The number of hydrogen-bond acceptors (Lipinski definition) is 6. The molecule has 0 aromatic carbocycles. The fourth-order valence-electron chi connectivity index (χ4n) is 1.45. The van der Waals surface area contributed by atoms with Gasteiger partial charge in [-0.2, -0.15) is 0 Å². The minimum Gasteiger partial charge on any atom is -0.457 e. The monoisotopic (exact) mass is 296 g/mol. The molecule has 0 spiro atoms. The minimum absolute atomic E-state index is 0.0931. The Morgan fingerprint density at radius 3 is 2.67 bits per heavy atom. The van der Waals surface area contributed by atoms with E-state index in [0.717, 1.165) is 12.6 Å². The van der Waals surface area contributed by atoms with Gasteiger partial charge < -0.3 is 9.15 Å². The molecule has 21 heavy (non-hydrogen) atoms. The number of oxazole rings is 1. The average molecular weight is 296 g/mol. The van der Waals surface area contributed by atoms with Crippen LogP contribution in [-0.4, -0.2) is 15.9 Å². The van der Waals surface area contributed by atoms with Crippen LogP contribution in [0.5, 0.6) is 0 Å². The maximum absolute atomic E-state index is 11.7. The van der Waals surface area contributed by atoms with E-state index in [4.69, 9.17) is 9.15 Å². The lowest BCUT2D eigenvalue weighted by Gasteiger charge is -2.15. The highest BCUT2D eigenvalue weighted by atomic mass is 16.6. The molecular weight excluding hydrogens is 276 g/mol. The number of carbonyl (C=O) groups is 1. The molecule has 7 heteroatoms. The third-order valence-corrected chi connectivity index (χ3v) is 2.54. The maximum Gasteiger partial charge on any atom is 0.311 e. The van der Waals surface area contributed by atoms with Gasteiger partial charge in [0.15, 0.2) is 18.3 Å². The van der Waals surface area contributed by atoms with Gasteiger partial charge in [-0.05, 0) is 27.2 Å². The summed E-state index contributed by atoms with van der Waals surface area (Å²) in [5, 5.41) is 10.4. The van der Waals surface area contributed by atoms with Crippen LogP contribution in [0.1, 0.15) is 51.5 Å². The van der Waals surface area contributed by atoms with Crippen LogP contribution >= 0.6 is 0 Å². The summed E-state index contributed by atoms with van der Waals surface area (Å²) in [5.74, 6) is 0.414. The molecule has 116 valence electrons. The van der Waals surface area contributed by atoms with E-state index in [0.29, 0.717) is 23.8 Å². The molecule has 0 amide bonds. The molecule has 0 bridgehead atoms. The van der Waals surface area contributed by atoms with Gasteiger partial charge in [-0.3, -0.25) is 14.9 Å². The third kappa shape index (κ3) is 5.37. The van der Waals surface area contributed by atoms with Crippen LogP contribution in [0.15, 0.2) is 10.6 Å². The number of hydrogen-bond donors (Lipinski definition) is 0. The van der Waals surface area contributed by atoms with Gasteiger partial charge in [0.25, 0.3) is 0 Å². The molecule has 1 aromatic heterocycles. The Hall–Kier alpha value is -2.18. The predicted octanol–water partition coefficient (Wildman–Crippen LogP) is 2.96. The summed E-state index contributed by atoms with van der Waals surface area (Å²) in [7, 11) is 0. The van der Waals surface area contributed by atoms with Gasteiger partial charge in [0.05, 0.1) is 10.3 Å². The highest BCUT2D eigenvalue weighted by Gasteiger charge is 2.24. The summed E-state index contributed by atoms with van der Waals surface area (Å²) in [6.45, 7) is 7.10. The van der Waals surface area contributed by atoms with Gasteiger partial charge in [-0.25, -0.2) is 4.98 Å². The Kier molecular flexibility index (Phi) is 5.63. The van der Waals surface area contributed by atoms with Crippen LogP contribution in [0.25, 0.3) is 6.08 Å². The van der Waals surface area contributed by atoms with Crippen molar-refractivity contribution in [1.82, 2.24) is 4.98 Å². The van der Waals surface area contributed by atoms with Crippen LogP contribution in [0, 0.1) is 15.5 Å². The molecule has 0 radical (unpaired) electrons. The summed E-state index contributed by atoms with van der Waals surface area (Å²) in [4.78, 5) is 25.7. The van der Waals surface area contributed by atoms with E-state index in [-0.39, 0.29) is 12.6 Å². The summed E-state index contributed by atoms with van der Waals surface area (Å²) in [5.41, 5.74) is -0.305. The first-order chi connectivity index (χ1) is 9.74. The van der Waals surface area contributed by atoms with Gasteiger partial charge in [0.1, 0.15) is 5.69 Å². The molecule has 0 unspecified atom stereocenters. The van der Waals surface area contributed by atoms with E-state index in [2.05, 4.69) is 4.98 Å². The number of ether oxygens (including phenoxy) is 1. The van der Waals surface area contributed by atoms with Crippen molar-refractivity contribution in [2.75, 3.05) is 0 Å². The van der Waals surface area contributed by atoms with Crippen molar-refractivity contribution in [2.24, 2.45) is 5.41 Å². The lowest BCUT2D eigenvalue weighted by Crippen LogP contribution is -2.22. The second kappa shape index (κ2) is 7.01. The van der Waals surface area contributed by atoms with Crippen LogP contribution in [0.2, 0.25) is 0 Å². The molecular formula is C14H20N2O5. The van der Waals surface area contributed by atoms with Crippen molar-refractivity contribution in [3.8, 4) is 0 Å². The molecule has 0 aliphatic heterocycles. The van der Waals surface area contributed by atoms with E-state index < -0.39 is 10.3 Å². The number of esters is 1. The highest BCUT2D eigenvalue weighted by molar-refractivity contribution is 5.75. The lowest BCUT2D eigenvalue weighted by molar-refractivity contribution is -0.401. The predicted molar refractivity (Wildman–Crippen MR) is 75.8 cm³/mol. The molecule has 0 atom stereocenters. The zero-order valence-corrected chi connectivity index (χ0v) is 12.7. The van der Waals surface area contributed by atoms with Crippen LogP contribution in [-0.2, 0) is 22.6 Å². The Balaban J connectivity index is 2.88. The molecule has 1 heterocycles. The quantitative estimate of drug-likeness (QED) is 0.455. The fourth-order valence-corrected chi connectivity index (χ4v) is 1.45. The van der Waals surface area contributed by atoms with Crippen molar-refractivity contribution >= 4 is 12.0 Å². The number of carbonyl (C=O) groups excluding carboxylic acids is 1. The number of aromatic nitrogens is 1. The van der Waals surface area contributed by atoms with Gasteiger partial charge in [0.2, 0.25) is 6.20 Å². The Labute approximate surface area is 123 Å². The SMILES string of the molecule is CCCc1nc(/C=C/[N+](=O)[O-])c(COC(=O)C(C)(C)C)o1. The normalized spacial score (nSPS) is 11.8. The third-order valence-electron chi connectivity index (χ3n) is 2.54. The van der Waals surface area contributed by atoms with Crippen LogP contribution in [0.4, 0.5) is 0 Å². The molecule has 0 N–H and O–H groups in total. The number of rotatable bonds is 6. The van der Waals surface area contributed by atoms with E-state index in [9.17, 15) is 14.9 Å².